The Labute approximate surface area is 140 Å². The molecule has 0 bridgehead atoms. The Morgan fingerprint density at radius 3 is 2.33 bits per heavy atom. The van der Waals surface area contributed by atoms with Gasteiger partial charge in [-0.05, 0) is 37.1 Å². The van der Waals surface area contributed by atoms with Gasteiger partial charge in [-0.1, -0.05) is 12.1 Å². The molecular weight excluding hydrogens is 336 g/mol. The number of carbonyl (C=O) groups is 3. The van der Waals surface area contributed by atoms with Crippen molar-refractivity contribution in [3.8, 4) is 0 Å². The standard InChI is InChI=1S/C14H20N4O5S/c15-7-1-9-18(10-19)14(21)13(20)17-8-6-11-2-4-12(5-3-11)24(16,22)23/h2-5,10H,1,6-9,15H2,(H,17,20)(H2,16,22,23). The third-order valence-corrected chi connectivity index (χ3v) is 4.07. The molecule has 0 aliphatic carbocycles. The Bertz CT molecular complexity index is 688. The first kappa shape index (κ1) is 19.7. The predicted molar refractivity (Wildman–Crippen MR) is 86.0 cm³/mol. The fraction of sp³-hybridized carbons (Fsp3) is 0.357. The van der Waals surface area contributed by atoms with Crippen LogP contribution in [-0.2, 0) is 30.8 Å². The number of benzene rings is 1. The zero-order valence-electron chi connectivity index (χ0n) is 13.0. The second-order valence-corrected chi connectivity index (χ2v) is 6.50. The molecule has 10 heteroatoms. The van der Waals surface area contributed by atoms with E-state index in [9.17, 15) is 22.8 Å². The van der Waals surface area contributed by atoms with Crippen molar-refractivity contribution in [2.45, 2.75) is 17.7 Å². The smallest absolute Gasteiger partial charge is 0.318 e. The number of imide groups is 1. The van der Waals surface area contributed by atoms with Gasteiger partial charge in [-0.25, -0.2) is 13.6 Å². The predicted octanol–water partition coefficient (Wildman–Crippen LogP) is -1.67. The molecule has 132 valence electrons. The van der Waals surface area contributed by atoms with Crippen LogP contribution in [0.2, 0.25) is 0 Å². The van der Waals surface area contributed by atoms with Crippen LogP contribution in [-0.4, -0.2) is 51.2 Å². The summed E-state index contributed by atoms with van der Waals surface area (Å²) in [4.78, 5) is 35.0. The summed E-state index contributed by atoms with van der Waals surface area (Å²) in [7, 11) is -3.75. The van der Waals surface area contributed by atoms with Crippen LogP contribution < -0.4 is 16.2 Å². The van der Waals surface area contributed by atoms with Crippen molar-refractivity contribution in [1.29, 1.82) is 0 Å². The van der Waals surface area contributed by atoms with Crippen LogP contribution in [0.4, 0.5) is 0 Å². The maximum absolute atomic E-state index is 11.7. The van der Waals surface area contributed by atoms with E-state index in [1.165, 1.54) is 12.1 Å². The summed E-state index contributed by atoms with van der Waals surface area (Å²) < 4.78 is 22.3. The first-order valence-corrected chi connectivity index (χ1v) is 8.70. The van der Waals surface area contributed by atoms with Gasteiger partial charge < -0.3 is 11.1 Å². The minimum absolute atomic E-state index is 0.00741. The number of nitrogens with zero attached hydrogens (tertiary/aromatic N) is 1. The topological polar surface area (TPSA) is 153 Å². The molecule has 0 fully saturated rings. The van der Waals surface area contributed by atoms with Crippen molar-refractivity contribution in [2.75, 3.05) is 19.6 Å². The molecule has 24 heavy (non-hydrogen) atoms. The number of rotatable bonds is 8. The van der Waals surface area contributed by atoms with E-state index in [-0.39, 0.29) is 18.0 Å². The molecule has 0 heterocycles. The van der Waals surface area contributed by atoms with E-state index >= 15 is 0 Å². The van der Waals surface area contributed by atoms with Gasteiger partial charge in [0.25, 0.3) is 0 Å². The van der Waals surface area contributed by atoms with Crippen LogP contribution >= 0.6 is 0 Å². The van der Waals surface area contributed by atoms with Crippen molar-refractivity contribution in [3.05, 3.63) is 29.8 Å². The molecule has 0 atom stereocenters. The van der Waals surface area contributed by atoms with Crippen molar-refractivity contribution >= 4 is 28.2 Å². The molecule has 0 saturated heterocycles. The molecule has 0 aromatic heterocycles. The lowest BCUT2D eigenvalue weighted by Gasteiger charge is -2.14. The minimum atomic E-state index is -3.75. The molecule has 1 rings (SSSR count). The highest BCUT2D eigenvalue weighted by molar-refractivity contribution is 7.89. The molecule has 1 aromatic rings. The third-order valence-electron chi connectivity index (χ3n) is 3.14. The van der Waals surface area contributed by atoms with E-state index in [4.69, 9.17) is 10.9 Å². The van der Waals surface area contributed by atoms with E-state index in [2.05, 4.69) is 5.32 Å². The molecule has 3 amide bonds. The van der Waals surface area contributed by atoms with Gasteiger partial charge in [-0.2, -0.15) is 0 Å². The Morgan fingerprint density at radius 1 is 1.21 bits per heavy atom. The molecular formula is C14H20N4O5S. The number of hydrogen-bond acceptors (Lipinski definition) is 6. The number of hydrogen-bond donors (Lipinski definition) is 3. The normalized spacial score (nSPS) is 10.9. The summed E-state index contributed by atoms with van der Waals surface area (Å²) >= 11 is 0. The first-order chi connectivity index (χ1) is 11.3. The quantitative estimate of drug-likeness (QED) is 0.374. The molecule has 0 aliphatic heterocycles. The SMILES string of the molecule is NCCCN(C=O)C(=O)C(=O)NCCc1ccc(S(N)(=O)=O)cc1. The van der Waals surface area contributed by atoms with Gasteiger partial charge in [-0.3, -0.25) is 19.3 Å². The van der Waals surface area contributed by atoms with Crippen LogP contribution in [0.25, 0.3) is 0 Å². The summed E-state index contributed by atoms with van der Waals surface area (Å²) in [6.07, 6.45) is 1.09. The Balaban J connectivity index is 2.50. The molecule has 5 N–H and O–H groups in total. The highest BCUT2D eigenvalue weighted by Gasteiger charge is 2.20. The molecule has 0 saturated carbocycles. The maximum atomic E-state index is 11.7. The van der Waals surface area contributed by atoms with Crippen molar-refractivity contribution < 1.29 is 22.8 Å². The summed E-state index contributed by atoms with van der Waals surface area (Å²) in [6.45, 7) is 0.540. The highest BCUT2D eigenvalue weighted by atomic mass is 32.2. The lowest BCUT2D eigenvalue weighted by atomic mass is 10.1. The van der Waals surface area contributed by atoms with Crippen molar-refractivity contribution in [3.63, 3.8) is 0 Å². The van der Waals surface area contributed by atoms with Gasteiger partial charge in [-0.15, -0.1) is 0 Å². The van der Waals surface area contributed by atoms with Crippen LogP contribution in [0.3, 0.4) is 0 Å². The average molecular weight is 356 g/mol. The second kappa shape index (κ2) is 9.11. The van der Waals surface area contributed by atoms with Gasteiger partial charge in [0.1, 0.15) is 0 Å². The molecule has 0 unspecified atom stereocenters. The molecule has 9 nitrogen and oxygen atoms in total. The fourth-order valence-electron chi connectivity index (χ4n) is 1.84. The fourth-order valence-corrected chi connectivity index (χ4v) is 2.35. The molecule has 1 aromatic carbocycles. The maximum Gasteiger partial charge on any atom is 0.318 e. The van der Waals surface area contributed by atoms with Gasteiger partial charge in [0.2, 0.25) is 16.4 Å². The summed E-state index contributed by atoms with van der Waals surface area (Å²) in [6, 6.07) is 5.84. The van der Waals surface area contributed by atoms with Gasteiger partial charge in [0, 0.05) is 13.1 Å². The van der Waals surface area contributed by atoms with Gasteiger partial charge in [0.05, 0.1) is 4.90 Å². The summed E-state index contributed by atoms with van der Waals surface area (Å²) in [5.41, 5.74) is 6.05. The number of amides is 3. The van der Waals surface area contributed by atoms with E-state index in [1.54, 1.807) is 12.1 Å². The lowest BCUT2D eigenvalue weighted by Crippen LogP contribution is -2.43. The third kappa shape index (κ3) is 6.07. The average Bonchev–Trinajstić information content (AvgIpc) is 2.54. The van der Waals surface area contributed by atoms with Gasteiger partial charge >= 0.3 is 11.8 Å². The van der Waals surface area contributed by atoms with E-state index < -0.39 is 21.8 Å². The number of sulfonamides is 1. The van der Waals surface area contributed by atoms with Crippen LogP contribution in [0.5, 0.6) is 0 Å². The van der Waals surface area contributed by atoms with Crippen LogP contribution in [0.15, 0.2) is 29.2 Å². The molecule has 0 radical (unpaired) electrons. The summed E-state index contributed by atoms with van der Waals surface area (Å²) in [5.74, 6) is -1.83. The lowest BCUT2D eigenvalue weighted by molar-refractivity contribution is -0.148. The second-order valence-electron chi connectivity index (χ2n) is 4.94. The zero-order chi connectivity index (χ0) is 18.2. The number of primary sulfonamides is 1. The van der Waals surface area contributed by atoms with E-state index in [1.807, 2.05) is 0 Å². The van der Waals surface area contributed by atoms with Crippen molar-refractivity contribution in [1.82, 2.24) is 10.2 Å². The Kier molecular flexibility index (Phi) is 7.49. The number of nitrogens with one attached hydrogen (secondary N) is 1. The van der Waals surface area contributed by atoms with Crippen LogP contribution in [0.1, 0.15) is 12.0 Å². The number of carbonyl (C=O) groups excluding carboxylic acids is 3. The molecule has 0 spiro atoms. The van der Waals surface area contributed by atoms with Crippen molar-refractivity contribution in [2.24, 2.45) is 10.9 Å². The zero-order valence-corrected chi connectivity index (χ0v) is 13.8. The Morgan fingerprint density at radius 2 is 1.83 bits per heavy atom. The first-order valence-electron chi connectivity index (χ1n) is 7.15. The highest BCUT2D eigenvalue weighted by Crippen LogP contribution is 2.08. The minimum Gasteiger partial charge on any atom is -0.347 e. The molecule has 0 aliphatic rings. The van der Waals surface area contributed by atoms with Crippen LogP contribution in [0, 0.1) is 0 Å². The van der Waals surface area contributed by atoms with E-state index in [0.29, 0.717) is 25.8 Å². The monoisotopic (exact) mass is 356 g/mol. The summed E-state index contributed by atoms with van der Waals surface area (Å²) in [5, 5.41) is 7.40. The largest absolute Gasteiger partial charge is 0.347 e. The Hall–Kier alpha value is -2.30. The van der Waals surface area contributed by atoms with Gasteiger partial charge in [0.15, 0.2) is 0 Å². The number of nitrogens with two attached hydrogens (primary N) is 2. The van der Waals surface area contributed by atoms with E-state index in [0.717, 1.165) is 10.5 Å².